The molecule has 0 aromatic heterocycles. The van der Waals surface area contributed by atoms with Crippen molar-refractivity contribution in [3.8, 4) is 11.1 Å². The molecule has 202 valence electrons. The van der Waals surface area contributed by atoms with Crippen molar-refractivity contribution in [3.63, 3.8) is 0 Å². The number of benzene rings is 2. The number of amides is 2. The van der Waals surface area contributed by atoms with Crippen LogP contribution in [0.2, 0.25) is 0 Å². The highest BCUT2D eigenvalue weighted by atomic mass is 19.1. The number of aliphatic hydroxyl groups excluding tert-OH is 1. The Hall–Kier alpha value is -3.17. The number of likely N-dealkylation sites (N-methyl/N-ethyl adjacent to an activating group) is 1. The zero-order chi connectivity index (χ0) is 27.4. The van der Waals surface area contributed by atoms with Crippen LogP contribution in [-0.4, -0.2) is 72.5 Å². The van der Waals surface area contributed by atoms with Crippen LogP contribution >= 0.6 is 0 Å². The molecule has 2 amide bonds. The SMILES string of the molecule is COCCN(C)C(=O)C1(NC(=O)O)CCCN(c2ccc(-c3cccc(F)c3)cc2CO)C1C(C)(C)C. The fourth-order valence-electron chi connectivity index (χ4n) is 5.64. The maximum absolute atomic E-state index is 14.0. The molecule has 0 aliphatic carbocycles. The van der Waals surface area contributed by atoms with E-state index in [0.717, 1.165) is 5.56 Å². The molecule has 1 saturated heterocycles. The summed E-state index contributed by atoms with van der Waals surface area (Å²) in [6, 6.07) is 11.2. The van der Waals surface area contributed by atoms with Crippen LogP contribution in [0, 0.1) is 11.2 Å². The number of hydrogen-bond acceptors (Lipinski definition) is 5. The van der Waals surface area contributed by atoms with E-state index < -0.39 is 23.1 Å². The van der Waals surface area contributed by atoms with Gasteiger partial charge in [0, 0.05) is 38.5 Å². The van der Waals surface area contributed by atoms with Crippen LogP contribution in [0.5, 0.6) is 0 Å². The molecule has 2 aromatic carbocycles. The summed E-state index contributed by atoms with van der Waals surface area (Å²) in [7, 11) is 3.20. The number of nitrogens with zero attached hydrogens (tertiary/aromatic N) is 2. The lowest BCUT2D eigenvalue weighted by molar-refractivity contribution is -0.141. The number of aliphatic hydroxyl groups is 1. The Kier molecular flexibility index (Phi) is 8.81. The molecule has 1 fully saturated rings. The van der Waals surface area contributed by atoms with Crippen LogP contribution in [0.4, 0.5) is 14.9 Å². The monoisotopic (exact) mass is 515 g/mol. The molecular formula is C28H38FN3O5. The number of nitrogens with one attached hydrogen (secondary N) is 1. The Morgan fingerprint density at radius 2 is 1.92 bits per heavy atom. The van der Waals surface area contributed by atoms with Crippen LogP contribution in [0.25, 0.3) is 11.1 Å². The normalized spacial score (nSPS) is 20.0. The first-order valence-electron chi connectivity index (χ1n) is 12.5. The minimum atomic E-state index is -1.42. The number of carbonyl (C=O) groups is 2. The minimum absolute atomic E-state index is 0.271. The summed E-state index contributed by atoms with van der Waals surface area (Å²) in [5.41, 5.74) is 0.812. The Balaban J connectivity index is 2.14. The molecular weight excluding hydrogens is 477 g/mol. The average Bonchev–Trinajstić information content (AvgIpc) is 2.85. The molecule has 1 aliphatic heterocycles. The predicted molar refractivity (Wildman–Crippen MR) is 141 cm³/mol. The van der Waals surface area contributed by atoms with E-state index in [1.807, 2.05) is 43.9 Å². The van der Waals surface area contributed by atoms with Gasteiger partial charge < -0.3 is 30.1 Å². The number of anilines is 1. The van der Waals surface area contributed by atoms with Gasteiger partial charge in [0.15, 0.2) is 0 Å². The van der Waals surface area contributed by atoms with Crippen LogP contribution < -0.4 is 10.2 Å². The first-order valence-corrected chi connectivity index (χ1v) is 12.5. The molecule has 2 aromatic rings. The fraction of sp³-hybridized carbons (Fsp3) is 0.500. The maximum atomic E-state index is 14.0. The Labute approximate surface area is 218 Å². The summed E-state index contributed by atoms with van der Waals surface area (Å²) in [4.78, 5) is 29.6. The van der Waals surface area contributed by atoms with Gasteiger partial charge in [0.2, 0.25) is 5.91 Å². The molecule has 8 nitrogen and oxygen atoms in total. The Morgan fingerprint density at radius 3 is 2.51 bits per heavy atom. The van der Waals surface area contributed by atoms with Gasteiger partial charge in [0.1, 0.15) is 11.4 Å². The summed E-state index contributed by atoms with van der Waals surface area (Å²) in [6.45, 7) is 6.90. The van der Waals surface area contributed by atoms with Crippen molar-refractivity contribution in [1.29, 1.82) is 0 Å². The summed E-state index contributed by atoms with van der Waals surface area (Å²) in [5, 5.41) is 22.8. The molecule has 2 unspecified atom stereocenters. The smallest absolute Gasteiger partial charge is 0.405 e. The second-order valence-electron chi connectivity index (χ2n) is 10.7. The molecule has 0 spiro atoms. The molecule has 3 rings (SSSR count). The average molecular weight is 516 g/mol. The summed E-state index contributed by atoms with van der Waals surface area (Å²) < 4.78 is 19.0. The number of carbonyl (C=O) groups excluding carboxylic acids is 1. The molecule has 1 aliphatic rings. The van der Waals surface area contributed by atoms with Gasteiger partial charge in [0.25, 0.3) is 0 Å². The van der Waals surface area contributed by atoms with Gasteiger partial charge in [-0.1, -0.05) is 39.0 Å². The summed E-state index contributed by atoms with van der Waals surface area (Å²) >= 11 is 0. The molecule has 3 N–H and O–H groups in total. The lowest BCUT2D eigenvalue weighted by Crippen LogP contribution is -2.74. The quantitative estimate of drug-likeness (QED) is 0.489. The fourth-order valence-corrected chi connectivity index (χ4v) is 5.64. The third-order valence-corrected chi connectivity index (χ3v) is 6.98. The summed E-state index contributed by atoms with van der Waals surface area (Å²) in [6.07, 6.45) is -0.370. The van der Waals surface area contributed by atoms with E-state index in [-0.39, 0.29) is 18.3 Å². The van der Waals surface area contributed by atoms with E-state index in [4.69, 9.17) is 4.74 Å². The molecule has 1 heterocycles. The van der Waals surface area contributed by atoms with Crippen LogP contribution in [0.15, 0.2) is 42.5 Å². The van der Waals surface area contributed by atoms with Crippen molar-refractivity contribution in [3.05, 3.63) is 53.8 Å². The first kappa shape index (κ1) is 28.4. The zero-order valence-electron chi connectivity index (χ0n) is 22.3. The molecule has 0 radical (unpaired) electrons. The number of ether oxygens (including phenoxy) is 1. The van der Waals surface area contributed by atoms with E-state index in [9.17, 15) is 24.2 Å². The highest BCUT2D eigenvalue weighted by Crippen LogP contribution is 2.43. The second-order valence-corrected chi connectivity index (χ2v) is 10.7. The number of rotatable bonds is 8. The van der Waals surface area contributed by atoms with E-state index in [0.29, 0.717) is 49.4 Å². The van der Waals surface area contributed by atoms with Gasteiger partial charge in [-0.25, -0.2) is 9.18 Å². The van der Waals surface area contributed by atoms with Gasteiger partial charge in [-0.05, 0) is 53.6 Å². The topological polar surface area (TPSA) is 102 Å². The van der Waals surface area contributed by atoms with Gasteiger partial charge >= 0.3 is 6.09 Å². The molecule has 0 saturated carbocycles. The molecule has 37 heavy (non-hydrogen) atoms. The molecule has 0 bridgehead atoms. The standard InChI is InChI=1S/C28H38FN3O5/c1-27(2,3)24-28(30-26(35)36,25(34)31(4)14-15-37-5)12-7-13-32(24)23-11-10-20(16-21(23)18-33)19-8-6-9-22(29)17-19/h6,8-11,16-17,24,30,33H,7,12-15,18H2,1-5H3,(H,35,36). The maximum Gasteiger partial charge on any atom is 0.405 e. The lowest BCUT2D eigenvalue weighted by Gasteiger charge is -2.55. The summed E-state index contributed by atoms with van der Waals surface area (Å²) in [5.74, 6) is -0.671. The van der Waals surface area contributed by atoms with Gasteiger partial charge in [0.05, 0.1) is 19.3 Å². The highest BCUT2D eigenvalue weighted by Gasteiger charge is 2.57. The lowest BCUT2D eigenvalue weighted by atomic mass is 9.68. The highest BCUT2D eigenvalue weighted by molar-refractivity contribution is 5.92. The van der Waals surface area contributed by atoms with Crippen molar-refractivity contribution in [2.24, 2.45) is 5.41 Å². The first-order chi connectivity index (χ1) is 17.4. The van der Waals surface area contributed by atoms with E-state index in [2.05, 4.69) is 5.32 Å². The molecule has 9 heteroatoms. The zero-order valence-corrected chi connectivity index (χ0v) is 22.3. The largest absolute Gasteiger partial charge is 0.465 e. The number of carboxylic acid groups (broad SMARTS) is 1. The van der Waals surface area contributed by atoms with Crippen molar-refractivity contribution < 1.29 is 28.9 Å². The third kappa shape index (κ3) is 6.05. The van der Waals surface area contributed by atoms with Gasteiger partial charge in [-0.15, -0.1) is 0 Å². The van der Waals surface area contributed by atoms with Crippen LogP contribution in [0.1, 0.15) is 39.2 Å². The van der Waals surface area contributed by atoms with Gasteiger partial charge in [-0.3, -0.25) is 4.79 Å². The Bertz CT molecular complexity index is 1120. The van der Waals surface area contributed by atoms with E-state index in [1.165, 1.54) is 17.0 Å². The number of hydrogen-bond donors (Lipinski definition) is 3. The molecule has 2 atom stereocenters. The van der Waals surface area contributed by atoms with E-state index >= 15 is 0 Å². The second kappa shape index (κ2) is 11.5. The predicted octanol–water partition coefficient (Wildman–Crippen LogP) is 4.11. The van der Waals surface area contributed by atoms with Gasteiger partial charge in [-0.2, -0.15) is 0 Å². The van der Waals surface area contributed by atoms with Crippen molar-refractivity contribution in [2.75, 3.05) is 38.8 Å². The van der Waals surface area contributed by atoms with Crippen LogP contribution in [-0.2, 0) is 16.1 Å². The third-order valence-electron chi connectivity index (χ3n) is 6.98. The van der Waals surface area contributed by atoms with Crippen LogP contribution in [0.3, 0.4) is 0 Å². The minimum Gasteiger partial charge on any atom is -0.465 e. The van der Waals surface area contributed by atoms with Crippen molar-refractivity contribution in [1.82, 2.24) is 10.2 Å². The van der Waals surface area contributed by atoms with Crippen molar-refractivity contribution in [2.45, 2.75) is 51.8 Å². The Morgan fingerprint density at radius 1 is 1.22 bits per heavy atom. The van der Waals surface area contributed by atoms with Crippen molar-refractivity contribution >= 4 is 17.7 Å². The number of halogens is 1. The van der Waals surface area contributed by atoms with E-state index in [1.54, 1.807) is 26.3 Å². The number of piperidine rings is 1. The number of methoxy groups -OCH3 is 1.